The van der Waals surface area contributed by atoms with E-state index in [4.69, 9.17) is 5.73 Å². The summed E-state index contributed by atoms with van der Waals surface area (Å²) in [4.78, 5) is 55.4. The number of rotatable bonds is 15. The Bertz CT molecular complexity index is 1450. The smallest absolute Gasteiger partial charge is 0.245 e. The van der Waals surface area contributed by atoms with Gasteiger partial charge in [-0.3, -0.25) is 23.4 Å². The monoisotopic (exact) mass is 679 g/mol. The molecule has 11 nitrogen and oxygen atoms in total. The molecule has 4 atom stereocenters. The quantitative estimate of drug-likeness (QED) is 0.191. The SMILES string of the molecule is CN(CC(=O)NC12CC3CC(CC(C3)C1)C2)C(=O)[C@H](Cc1ccccc1)NC(=O)[C@@H](CCS(C)=O)NC(=O)[C@@H](N)Cc1ccc(O)cc1. The van der Waals surface area contributed by atoms with Gasteiger partial charge in [0.05, 0.1) is 12.6 Å². The van der Waals surface area contributed by atoms with Crippen LogP contribution in [0, 0.1) is 17.8 Å². The number of amides is 4. The van der Waals surface area contributed by atoms with Gasteiger partial charge in [-0.25, -0.2) is 0 Å². The van der Waals surface area contributed by atoms with Gasteiger partial charge in [-0.15, -0.1) is 0 Å². The first-order chi connectivity index (χ1) is 22.9. The Balaban J connectivity index is 1.25. The van der Waals surface area contributed by atoms with E-state index in [1.165, 1.54) is 42.6 Å². The van der Waals surface area contributed by atoms with E-state index in [9.17, 15) is 28.5 Å². The predicted molar refractivity (Wildman–Crippen MR) is 184 cm³/mol. The van der Waals surface area contributed by atoms with Crippen LogP contribution in [0.2, 0.25) is 0 Å². The number of nitrogens with one attached hydrogen (secondary N) is 3. The summed E-state index contributed by atoms with van der Waals surface area (Å²) in [5.41, 5.74) is 7.54. The minimum absolute atomic E-state index is 0.0716. The Morgan fingerprint density at radius 1 is 0.875 bits per heavy atom. The molecule has 2 aromatic rings. The second kappa shape index (κ2) is 15.6. The first-order valence-electron chi connectivity index (χ1n) is 16.9. The summed E-state index contributed by atoms with van der Waals surface area (Å²) in [5, 5.41) is 18.4. The first-order valence-corrected chi connectivity index (χ1v) is 18.6. The van der Waals surface area contributed by atoms with Crippen molar-refractivity contribution in [3.63, 3.8) is 0 Å². The highest BCUT2D eigenvalue weighted by atomic mass is 32.2. The Morgan fingerprint density at radius 3 is 2.02 bits per heavy atom. The second-order valence-electron chi connectivity index (χ2n) is 14.3. The number of carbonyl (C=O) groups is 4. The third-order valence-corrected chi connectivity index (χ3v) is 11.0. The van der Waals surface area contributed by atoms with Gasteiger partial charge in [0.2, 0.25) is 23.6 Å². The summed E-state index contributed by atoms with van der Waals surface area (Å²) in [6.45, 7) is -0.136. The number of nitrogens with two attached hydrogens (primary N) is 1. The topological polar surface area (TPSA) is 171 Å². The van der Waals surface area contributed by atoms with E-state index >= 15 is 0 Å². The summed E-state index contributed by atoms with van der Waals surface area (Å²) in [6.07, 6.45) is 8.71. The molecule has 12 heteroatoms. The number of aromatic hydroxyl groups is 1. The third kappa shape index (κ3) is 9.43. The minimum Gasteiger partial charge on any atom is -0.508 e. The van der Waals surface area contributed by atoms with Crippen molar-refractivity contribution in [1.29, 1.82) is 0 Å². The maximum atomic E-state index is 13.9. The number of nitrogens with zero attached hydrogens (tertiary/aromatic N) is 1. The average molecular weight is 680 g/mol. The summed E-state index contributed by atoms with van der Waals surface area (Å²) in [5.74, 6) is 0.437. The fraction of sp³-hybridized carbons (Fsp3) is 0.556. The van der Waals surface area contributed by atoms with Gasteiger partial charge in [0, 0.05) is 41.8 Å². The van der Waals surface area contributed by atoms with Gasteiger partial charge in [-0.05, 0) is 92.4 Å². The van der Waals surface area contributed by atoms with E-state index in [0.717, 1.165) is 30.4 Å². The van der Waals surface area contributed by atoms with E-state index in [-0.39, 0.29) is 48.8 Å². The highest BCUT2D eigenvalue weighted by Crippen LogP contribution is 2.55. The molecule has 4 aliphatic carbocycles. The molecule has 6 N–H and O–H groups in total. The lowest BCUT2D eigenvalue weighted by molar-refractivity contribution is -0.140. The molecule has 0 aromatic heterocycles. The number of benzene rings is 2. The molecule has 0 heterocycles. The molecule has 4 amide bonds. The van der Waals surface area contributed by atoms with Crippen molar-refractivity contribution in [2.24, 2.45) is 23.5 Å². The molecule has 0 aliphatic heterocycles. The molecule has 4 saturated carbocycles. The molecule has 0 radical (unpaired) electrons. The largest absolute Gasteiger partial charge is 0.508 e. The first kappa shape index (κ1) is 35.5. The lowest BCUT2D eigenvalue weighted by Gasteiger charge is -2.57. The van der Waals surface area contributed by atoms with Crippen LogP contribution in [0.1, 0.15) is 56.1 Å². The number of hydrogen-bond donors (Lipinski definition) is 5. The maximum Gasteiger partial charge on any atom is 0.245 e. The van der Waals surface area contributed by atoms with Crippen LogP contribution in [0.5, 0.6) is 5.75 Å². The van der Waals surface area contributed by atoms with Crippen molar-refractivity contribution >= 4 is 34.4 Å². The molecule has 4 bridgehead atoms. The van der Waals surface area contributed by atoms with Gasteiger partial charge in [0.1, 0.15) is 17.8 Å². The van der Waals surface area contributed by atoms with Crippen LogP contribution in [0.4, 0.5) is 0 Å². The molecular formula is C36H49N5O6S. The summed E-state index contributed by atoms with van der Waals surface area (Å²) >= 11 is 0. The van der Waals surface area contributed by atoms with Gasteiger partial charge >= 0.3 is 0 Å². The van der Waals surface area contributed by atoms with Crippen molar-refractivity contribution in [2.75, 3.05) is 25.6 Å². The molecule has 48 heavy (non-hydrogen) atoms. The molecule has 0 saturated heterocycles. The van der Waals surface area contributed by atoms with Gasteiger partial charge in [0.15, 0.2) is 0 Å². The van der Waals surface area contributed by atoms with Gasteiger partial charge < -0.3 is 31.7 Å². The molecule has 6 rings (SSSR count). The Morgan fingerprint density at radius 2 is 1.44 bits per heavy atom. The fourth-order valence-corrected chi connectivity index (χ4v) is 8.86. The molecular weight excluding hydrogens is 630 g/mol. The lowest BCUT2D eigenvalue weighted by Crippen LogP contribution is -2.61. The normalized spacial score (nSPS) is 24.9. The molecule has 0 spiro atoms. The van der Waals surface area contributed by atoms with Crippen LogP contribution < -0.4 is 21.7 Å². The maximum absolute atomic E-state index is 13.9. The van der Waals surface area contributed by atoms with Crippen molar-refractivity contribution in [3.05, 3.63) is 65.7 Å². The van der Waals surface area contributed by atoms with Crippen molar-refractivity contribution in [1.82, 2.24) is 20.9 Å². The summed E-state index contributed by atoms with van der Waals surface area (Å²) in [7, 11) is 0.323. The Labute approximate surface area is 285 Å². The molecule has 2 aromatic carbocycles. The van der Waals surface area contributed by atoms with E-state index < -0.39 is 46.6 Å². The molecule has 4 aliphatic rings. The van der Waals surface area contributed by atoms with Gasteiger partial charge in [0.25, 0.3) is 0 Å². The van der Waals surface area contributed by atoms with Crippen LogP contribution >= 0.6 is 0 Å². The van der Waals surface area contributed by atoms with Crippen LogP contribution in [-0.4, -0.2) is 87.1 Å². The van der Waals surface area contributed by atoms with E-state index in [0.29, 0.717) is 17.8 Å². The van der Waals surface area contributed by atoms with Crippen LogP contribution in [-0.2, 0) is 42.8 Å². The number of phenolic OH excluding ortho intramolecular Hbond substituents is 1. The second-order valence-corrected chi connectivity index (χ2v) is 15.9. The number of carbonyl (C=O) groups excluding carboxylic acids is 4. The molecule has 4 fully saturated rings. The van der Waals surface area contributed by atoms with E-state index in [1.807, 2.05) is 30.3 Å². The number of hydrogen-bond acceptors (Lipinski definition) is 7. The van der Waals surface area contributed by atoms with Crippen LogP contribution in [0.15, 0.2) is 54.6 Å². The molecule has 260 valence electrons. The van der Waals surface area contributed by atoms with E-state index in [1.54, 1.807) is 19.2 Å². The number of likely N-dealkylation sites (N-methyl/N-ethyl adjacent to an activating group) is 1. The zero-order chi connectivity index (χ0) is 34.4. The van der Waals surface area contributed by atoms with Crippen LogP contribution in [0.3, 0.4) is 0 Å². The zero-order valence-electron chi connectivity index (χ0n) is 27.9. The van der Waals surface area contributed by atoms with Crippen LogP contribution in [0.25, 0.3) is 0 Å². The third-order valence-electron chi connectivity index (χ3n) is 10.2. The highest BCUT2D eigenvalue weighted by Gasteiger charge is 2.51. The Kier molecular flexibility index (Phi) is 11.6. The summed E-state index contributed by atoms with van der Waals surface area (Å²) in [6, 6.07) is 12.5. The lowest BCUT2D eigenvalue weighted by atomic mass is 9.53. The highest BCUT2D eigenvalue weighted by molar-refractivity contribution is 7.84. The number of phenols is 1. The van der Waals surface area contributed by atoms with Crippen molar-refractivity contribution in [2.45, 2.75) is 81.5 Å². The standard InChI is InChI=1S/C36H49N5O6S/c1-41(22-32(43)40-36-19-25-14-26(20-36)16-27(15-25)21-36)35(46)31(18-23-6-4-3-5-7-23)39-34(45)30(12-13-48(2)47)38-33(44)29(37)17-24-8-10-28(42)11-9-24/h3-11,25-27,29-31,42H,12-22,37H2,1-2H3,(H,38,44)(H,39,45)(H,40,43)/t25?,26?,27?,29-,30+,31-,36?,48?/m0/s1. The minimum atomic E-state index is -1.24. The summed E-state index contributed by atoms with van der Waals surface area (Å²) < 4.78 is 12.0. The van der Waals surface area contributed by atoms with Crippen molar-refractivity contribution in [3.8, 4) is 5.75 Å². The van der Waals surface area contributed by atoms with Gasteiger partial charge in [-0.2, -0.15) is 0 Å². The Hall–Kier alpha value is -3.77. The average Bonchev–Trinajstić information content (AvgIpc) is 3.02. The van der Waals surface area contributed by atoms with Crippen molar-refractivity contribution < 1.29 is 28.5 Å². The fourth-order valence-electron chi connectivity index (χ4n) is 8.29. The van der Waals surface area contributed by atoms with Gasteiger partial charge in [-0.1, -0.05) is 42.5 Å². The molecule has 1 unspecified atom stereocenters. The zero-order valence-corrected chi connectivity index (χ0v) is 28.7. The van der Waals surface area contributed by atoms with E-state index in [2.05, 4.69) is 16.0 Å². The predicted octanol–water partition coefficient (Wildman–Crippen LogP) is 1.79.